The smallest absolute Gasteiger partial charge is 0.327 e. The first kappa shape index (κ1) is 16.3. The summed E-state index contributed by atoms with van der Waals surface area (Å²) >= 11 is 1.57. The molecule has 1 fully saturated rings. The van der Waals surface area contributed by atoms with E-state index in [1.165, 1.54) is 0 Å². The first-order chi connectivity index (χ1) is 9.11. The summed E-state index contributed by atoms with van der Waals surface area (Å²) in [5.41, 5.74) is 0. The third kappa shape index (κ3) is 4.69. The minimum atomic E-state index is -0.908. The third-order valence-corrected chi connectivity index (χ3v) is 4.37. The van der Waals surface area contributed by atoms with Gasteiger partial charge in [0.1, 0.15) is 6.04 Å². The molecule has 1 aliphatic heterocycles. The van der Waals surface area contributed by atoms with Crippen LogP contribution in [0.25, 0.3) is 0 Å². The summed E-state index contributed by atoms with van der Waals surface area (Å²) in [5.74, 6) is -0.525. The van der Waals surface area contributed by atoms with Gasteiger partial charge in [-0.2, -0.15) is 0 Å². The molecule has 1 heterocycles. The normalized spacial score (nSPS) is 22.7. The molecule has 0 radical (unpaired) electrons. The molecule has 0 bridgehead atoms. The number of thioether (sulfide) groups is 1. The molecular weight excluding hydrogens is 266 g/mol. The van der Waals surface area contributed by atoms with Crippen LogP contribution in [0.1, 0.15) is 39.5 Å². The summed E-state index contributed by atoms with van der Waals surface area (Å²) in [7, 11) is 0. The molecule has 110 valence electrons. The van der Waals surface area contributed by atoms with Crippen molar-refractivity contribution in [2.75, 3.05) is 19.0 Å². The monoisotopic (exact) mass is 289 g/mol. The number of nitrogens with zero attached hydrogens (tertiary/aromatic N) is 1. The van der Waals surface area contributed by atoms with Crippen LogP contribution in [0, 0.1) is 0 Å². The van der Waals surface area contributed by atoms with Crippen molar-refractivity contribution in [2.45, 2.75) is 50.9 Å². The predicted octanol–water partition coefficient (Wildman–Crippen LogP) is 1.96. The van der Waals surface area contributed by atoms with Crippen molar-refractivity contribution in [2.24, 2.45) is 0 Å². The Morgan fingerprint density at radius 2 is 2.05 bits per heavy atom. The lowest BCUT2D eigenvalue weighted by Gasteiger charge is -2.27. The maximum Gasteiger partial charge on any atom is 0.327 e. The van der Waals surface area contributed by atoms with Crippen molar-refractivity contribution in [1.82, 2.24) is 4.90 Å². The van der Waals surface area contributed by atoms with Crippen LogP contribution < -0.4 is 0 Å². The summed E-state index contributed by atoms with van der Waals surface area (Å²) in [6.45, 7) is 5.07. The molecule has 1 aliphatic rings. The maximum atomic E-state index is 12.2. The van der Waals surface area contributed by atoms with Crippen molar-refractivity contribution in [3.8, 4) is 0 Å². The van der Waals surface area contributed by atoms with E-state index in [-0.39, 0.29) is 17.7 Å². The van der Waals surface area contributed by atoms with Crippen LogP contribution in [0.4, 0.5) is 0 Å². The second-order valence-corrected chi connectivity index (χ2v) is 5.80. The highest BCUT2D eigenvalue weighted by Crippen LogP contribution is 2.32. The molecule has 0 aromatic rings. The molecule has 1 saturated heterocycles. The number of hydrogen-bond acceptors (Lipinski definition) is 4. The lowest BCUT2D eigenvalue weighted by Crippen LogP contribution is -2.45. The van der Waals surface area contributed by atoms with Gasteiger partial charge in [0.05, 0.1) is 18.4 Å². The van der Waals surface area contributed by atoms with Gasteiger partial charge in [-0.25, -0.2) is 4.79 Å². The number of carbonyl (C=O) groups excluding carboxylic acids is 1. The summed E-state index contributed by atoms with van der Waals surface area (Å²) in [4.78, 5) is 24.9. The number of carbonyl (C=O) groups is 2. The second-order valence-electron chi connectivity index (χ2n) is 4.59. The Morgan fingerprint density at radius 3 is 2.63 bits per heavy atom. The molecule has 0 aromatic carbocycles. The molecule has 2 atom stereocenters. The summed E-state index contributed by atoms with van der Waals surface area (Å²) < 4.78 is 5.30. The van der Waals surface area contributed by atoms with Crippen LogP contribution in [-0.2, 0) is 14.3 Å². The molecule has 1 N–H and O–H groups in total. The first-order valence-electron chi connectivity index (χ1n) is 6.85. The molecule has 0 aliphatic carbocycles. The molecule has 0 spiro atoms. The maximum absolute atomic E-state index is 12.2. The van der Waals surface area contributed by atoms with Gasteiger partial charge in [-0.1, -0.05) is 20.3 Å². The van der Waals surface area contributed by atoms with Gasteiger partial charge < -0.3 is 14.7 Å². The van der Waals surface area contributed by atoms with Gasteiger partial charge >= 0.3 is 5.97 Å². The number of carboxylic acid groups (broad SMARTS) is 1. The van der Waals surface area contributed by atoms with Crippen molar-refractivity contribution >= 4 is 23.6 Å². The van der Waals surface area contributed by atoms with E-state index < -0.39 is 12.0 Å². The largest absolute Gasteiger partial charge is 0.480 e. The fraction of sp³-hybridized carbons (Fsp3) is 0.846. The average molecular weight is 289 g/mol. The second kappa shape index (κ2) is 8.43. The van der Waals surface area contributed by atoms with Crippen LogP contribution in [0.3, 0.4) is 0 Å². The van der Waals surface area contributed by atoms with E-state index >= 15 is 0 Å². The molecule has 5 nitrogen and oxygen atoms in total. The zero-order valence-corrected chi connectivity index (χ0v) is 12.4. The van der Waals surface area contributed by atoms with E-state index in [1.807, 2.05) is 13.8 Å². The number of ether oxygens (including phenoxy) is 1. The van der Waals surface area contributed by atoms with Gasteiger partial charge in [0, 0.05) is 12.4 Å². The van der Waals surface area contributed by atoms with Crippen LogP contribution >= 0.6 is 11.8 Å². The molecule has 6 heteroatoms. The molecule has 2 unspecified atom stereocenters. The van der Waals surface area contributed by atoms with Crippen LogP contribution in [-0.4, -0.2) is 52.3 Å². The quantitative estimate of drug-likeness (QED) is 0.692. The summed E-state index contributed by atoms with van der Waals surface area (Å²) in [5, 5.41) is 9.19. The van der Waals surface area contributed by atoms with Gasteiger partial charge in [0.15, 0.2) is 0 Å². The Bertz CT molecular complexity index is 311. The number of amides is 1. The Labute approximate surface area is 118 Å². The van der Waals surface area contributed by atoms with E-state index in [9.17, 15) is 14.7 Å². The topological polar surface area (TPSA) is 66.8 Å². The predicted molar refractivity (Wildman–Crippen MR) is 75.2 cm³/mol. The fourth-order valence-corrected chi connectivity index (χ4v) is 3.63. The molecular formula is C13H23NO4S. The third-order valence-electron chi connectivity index (χ3n) is 3.01. The van der Waals surface area contributed by atoms with Gasteiger partial charge in [0.2, 0.25) is 5.91 Å². The minimum absolute atomic E-state index is 0.00442. The van der Waals surface area contributed by atoms with Crippen LogP contribution in [0.5, 0.6) is 0 Å². The molecule has 0 saturated carbocycles. The van der Waals surface area contributed by atoms with Gasteiger partial charge in [-0.05, 0) is 12.8 Å². The van der Waals surface area contributed by atoms with Crippen molar-refractivity contribution < 1.29 is 19.4 Å². The van der Waals surface area contributed by atoms with Gasteiger partial charge in [-0.3, -0.25) is 4.79 Å². The van der Waals surface area contributed by atoms with E-state index in [0.717, 1.165) is 19.3 Å². The Kier molecular flexibility index (Phi) is 7.23. The Balaban J connectivity index is 2.56. The van der Waals surface area contributed by atoms with E-state index in [2.05, 4.69) is 0 Å². The highest BCUT2D eigenvalue weighted by atomic mass is 32.2. The van der Waals surface area contributed by atoms with Crippen molar-refractivity contribution in [1.29, 1.82) is 0 Å². The zero-order chi connectivity index (χ0) is 14.3. The highest BCUT2D eigenvalue weighted by molar-refractivity contribution is 8.00. The van der Waals surface area contributed by atoms with Gasteiger partial charge in [0.25, 0.3) is 0 Å². The lowest BCUT2D eigenvalue weighted by atomic mass is 10.2. The highest BCUT2D eigenvalue weighted by Gasteiger charge is 2.40. The first-order valence-corrected chi connectivity index (χ1v) is 7.90. The Morgan fingerprint density at radius 1 is 1.32 bits per heavy atom. The number of rotatable bonds is 8. The lowest BCUT2D eigenvalue weighted by molar-refractivity contribution is -0.149. The van der Waals surface area contributed by atoms with Crippen LogP contribution in [0.2, 0.25) is 0 Å². The average Bonchev–Trinajstić information content (AvgIpc) is 2.79. The molecule has 19 heavy (non-hydrogen) atoms. The van der Waals surface area contributed by atoms with Crippen molar-refractivity contribution in [3.63, 3.8) is 0 Å². The standard InChI is InChI=1S/C13H23NO4S/c1-3-5-12-14(10(9-19-12)13(16)17)11(15)6-8-18-7-4-2/h10,12H,3-9H2,1-2H3,(H,16,17). The molecule has 0 aromatic heterocycles. The molecule has 1 amide bonds. The number of hydrogen-bond donors (Lipinski definition) is 1. The van der Waals surface area contributed by atoms with E-state index in [1.54, 1.807) is 16.7 Å². The summed E-state index contributed by atoms with van der Waals surface area (Å²) in [6.07, 6.45) is 2.98. The zero-order valence-electron chi connectivity index (χ0n) is 11.6. The SMILES string of the molecule is CCCOCCC(=O)N1C(CCC)SCC1C(=O)O. The number of carboxylic acids is 1. The number of aliphatic carboxylic acids is 1. The van der Waals surface area contributed by atoms with Crippen LogP contribution in [0.15, 0.2) is 0 Å². The van der Waals surface area contributed by atoms with E-state index in [0.29, 0.717) is 19.0 Å². The molecule has 1 rings (SSSR count). The van der Waals surface area contributed by atoms with Crippen molar-refractivity contribution in [3.05, 3.63) is 0 Å². The Hall–Kier alpha value is -0.750. The van der Waals surface area contributed by atoms with E-state index in [4.69, 9.17) is 4.74 Å². The minimum Gasteiger partial charge on any atom is -0.480 e. The summed E-state index contributed by atoms with van der Waals surface area (Å²) in [6, 6.07) is -0.680. The fourth-order valence-electron chi connectivity index (χ4n) is 2.09. The van der Waals surface area contributed by atoms with Gasteiger partial charge in [-0.15, -0.1) is 11.8 Å².